The highest BCUT2D eigenvalue weighted by Gasteiger charge is 2.15. The number of aliphatic imine (C=N–C) groups is 1. The number of carboxylic acids is 1. The van der Waals surface area contributed by atoms with E-state index in [1.807, 2.05) is 0 Å². The number of benzene rings is 1. The predicted molar refractivity (Wildman–Crippen MR) is 54.6 cm³/mol. The van der Waals surface area contributed by atoms with Gasteiger partial charge in [0, 0.05) is 6.42 Å². The maximum atomic E-state index is 12.6. The number of aliphatic carboxylic acids is 1. The molecule has 0 heterocycles. The smallest absolute Gasteiger partial charge is 0.328 e. The van der Waals surface area contributed by atoms with E-state index in [0.717, 1.165) is 0 Å². The molecule has 0 amide bonds. The Bertz CT molecular complexity index is 396. The van der Waals surface area contributed by atoms with Crippen molar-refractivity contribution in [2.75, 3.05) is 0 Å². The molecule has 1 atom stereocenters. The first-order valence-electron chi connectivity index (χ1n) is 4.67. The molecule has 0 aromatic heterocycles. The standard InChI is InChI=1S/C11H12FNO3/c1-7(14)13-10(11(15)16)6-8-2-4-9(12)5-3-8/h2-5,10H,6H2,1H3,(H,13,14)(H,15,16)/p-1/t10-/m0/s1. The number of carbonyl (C=O) groups is 1. The van der Waals surface area contributed by atoms with E-state index in [1.165, 1.54) is 31.2 Å². The number of rotatable bonds is 4. The van der Waals surface area contributed by atoms with Crippen molar-refractivity contribution in [1.29, 1.82) is 0 Å². The van der Waals surface area contributed by atoms with Gasteiger partial charge in [0.1, 0.15) is 11.9 Å². The summed E-state index contributed by atoms with van der Waals surface area (Å²) in [5.41, 5.74) is 0.624. The van der Waals surface area contributed by atoms with Crippen LogP contribution in [0.25, 0.3) is 0 Å². The molecule has 0 radical (unpaired) electrons. The van der Waals surface area contributed by atoms with Crippen molar-refractivity contribution in [3.63, 3.8) is 0 Å². The molecular weight excluding hydrogens is 213 g/mol. The quantitative estimate of drug-likeness (QED) is 0.601. The van der Waals surface area contributed by atoms with Gasteiger partial charge in [0.05, 0.1) is 0 Å². The molecule has 0 saturated carbocycles. The van der Waals surface area contributed by atoms with Crippen LogP contribution < -0.4 is 5.11 Å². The minimum absolute atomic E-state index is 0.0786. The van der Waals surface area contributed by atoms with E-state index >= 15 is 0 Å². The third kappa shape index (κ3) is 3.68. The van der Waals surface area contributed by atoms with E-state index < -0.39 is 17.9 Å². The summed E-state index contributed by atoms with van der Waals surface area (Å²) in [6.07, 6.45) is 0.0786. The first kappa shape index (κ1) is 12.2. The largest absolute Gasteiger partial charge is 0.862 e. The molecule has 0 aliphatic rings. The van der Waals surface area contributed by atoms with Crippen LogP contribution in [0.5, 0.6) is 0 Å². The van der Waals surface area contributed by atoms with Crippen molar-refractivity contribution in [2.45, 2.75) is 19.4 Å². The number of halogens is 1. The lowest BCUT2D eigenvalue weighted by Crippen LogP contribution is -2.25. The summed E-state index contributed by atoms with van der Waals surface area (Å²) in [4.78, 5) is 14.2. The molecular formula is C11H11FNO3-. The molecule has 0 fully saturated rings. The fraction of sp³-hybridized carbons (Fsp3) is 0.273. The minimum Gasteiger partial charge on any atom is -0.862 e. The summed E-state index contributed by atoms with van der Waals surface area (Å²) in [7, 11) is 0. The van der Waals surface area contributed by atoms with Crippen molar-refractivity contribution >= 4 is 11.9 Å². The number of hydrogen-bond acceptors (Lipinski definition) is 3. The molecule has 0 spiro atoms. The second-order valence-electron chi connectivity index (χ2n) is 3.33. The summed E-state index contributed by atoms with van der Waals surface area (Å²) in [6.45, 7) is 1.20. The van der Waals surface area contributed by atoms with Gasteiger partial charge in [0.2, 0.25) is 0 Å². The van der Waals surface area contributed by atoms with Gasteiger partial charge in [-0.15, -0.1) is 0 Å². The maximum absolute atomic E-state index is 12.6. The normalized spacial score (nSPS) is 13.5. The number of carboxylic acid groups (broad SMARTS) is 1. The summed E-state index contributed by atoms with van der Waals surface area (Å²) in [5, 5.41) is 19.5. The van der Waals surface area contributed by atoms with E-state index in [1.54, 1.807) is 0 Å². The van der Waals surface area contributed by atoms with E-state index in [9.17, 15) is 14.3 Å². The fourth-order valence-corrected chi connectivity index (χ4v) is 1.25. The van der Waals surface area contributed by atoms with Crippen molar-refractivity contribution < 1.29 is 19.4 Å². The van der Waals surface area contributed by atoms with E-state index in [2.05, 4.69) is 4.99 Å². The Morgan fingerprint density at radius 2 is 2.06 bits per heavy atom. The maximum Gasteiger partial charge on any atom is 0.328 e. The first-order valence-corrected chi connectivity index (χ1v) is 4.67. The highest BCUT2D eigenvalue weighted by molar-refractivity contribution is 5.78. The van der Waals surface area contributed by atoms with Gasteiger partial charge in [-0.25, -0.2) is 9.18 Å². The summed E-state index contributed by atoms with van der Waals surface area (Å²) >= 11 is 0. The molecule has 0 aliphatic heterocycles. The molecule has 1 aromatic carbocycles. The van der Waals surface area contributed by atoms with Gasteiger partial charge in [-0.1, -0.05) is 12.1 Å². The zero-order valence-corrected chi connectivity index (χ0v) is 8.68. The van der Waals surface area contributed by atoms with Gasteiger partial charge < -0.3 is 10.2 Å². The van der Waals surface area contributed by atoms with Crippen LogP contribution in [0.15, 0.2) is 29.3 Å². The fourth-order valence-electron chi connectivity index (χ4n) is 1.25. The van der Waals surface area contributed by atoms with E-state index in [-0.39, 0.29) is 12.2 Å². The molecule has 1 rings (SSSR count). The van der Waals surface area contributed by atoms with Crippen molar-refractivity contribution in [3.8, 4) is 0 Å². The number of hydrogen-bond donors (Lipinski definition) is 1. The number of nitrogens with zero attached hydrogens (tertiary/aromatic N) is 1. The minimum atomic E-state index is -1.17. The highest BCUT2D eigenvalue weighted by Crippen LogP contribution is 2.08. The second-order valence-corrected chi connectivity index (χ2v) is 3.33. The highest BCUT2D eigenvalue weighted by atomic mass is 19.1. The van der Waals surface area contributed by atoms with Gasteiger partial charge in [0.25, 0.3) is 0 Å². The average molecular weight is 224 g/mol. The molecule has 4 nitrogen and oxygen atoms in total. The van der Waals surface area contributed by atoms with Crippen molar-refractivity contribution in [1.82, 2.24) is 0 Å². The zero-order valence-electron chi connectivity index (χ0n) is 8.68. The van der Waals surface area contributed by atoms with Crippen LogP contribution in [-0.2, 0) is 11.2 Å². The lowest BCUT2D eigenvalue weighted by molar-refractivity contribution is -0.216. The van der Waals surface area contributed by atoms with Crippen molar-refractivity contribution in [3.05, 3.63) is 35.6 Å². The van der Waals surface area contributed by atoms with E-state index in [0.29, 0.717) is 5.56 Å². The Kier molecular flexibility index (Phi) is 3.99. The summed E-state index contributed by atoms with van der Waals surface area (Å²) < 4.78 is 12.6. The Morgan fingerprint density at radius 3 is 2.50 bits per heavy atom. The molecule has 5 heteroatoms. The first-order chi connectivity index (χ1) is 7.49. The Labute approximate surface area is 92.1 Å². The third-order valence-corrected chi connectivity index (χ3v) is 1.97. The Hall–Kier alpha value is -1.91. The molecule has 16 heavy (non-hydrogen) atoms. The van der Waals surface area contributed by atoms with Crippen LogP contribution in [0.3, 0.4) is 0 Å². The van der Waals surface area contributed by atoms with Crippen molar-refractivity contribution in [2.24, 2.45) is 4.99 Å². The zero-order chi connectivity index (χ0) is 12.1. The van der Waals surface area contributed by atoms with Crippen LogP contribution in [0.2, 0.25) is 0 Å². The van der Waals surface area contributed by atoms with Gasteiger partial charge in [-0.05, 0) is 30.5 Å². The Morgan fingerprint density at radius 1 is 1.50 bits per heavy atom. The van der Waals surface area contributed by atoms with Crippen LogP contribution in [0.4, 0.5) is 4.39 Å². The van der Waals surface area contributed by atoms with Crippen LogP contribution in [-0.4, -0.2) is 23.0 Å². The molecule has 86 valence electrons. The average Bonchev–Trinajstić information content (AvgIpc) is 2.19. The van der Waals surface area contributed by atoms with Gasteiger partial charge in [0.15, 0.2) is 0 Å². The van der Waals surface area contributed by atoms with Crippen LogP contribution >= 0.6 is 0 Å². The second kappa shape index (κ2) is 5.25. The lowest BCUT2D eigenvalue weighted by atomic mass is 10.1. The van der Waals surface area contributed by atoms with E-state index in [4.69, 9.17) is 5.11 Å². The lowest BCUT2D eigenvalue weighted by Gasteiger charge is -2.11. The topological polar surface area (TPSA) is 72.7 Å². The van der Waals surface area contributed by atoms with Gasteiger partial charge >= 0.3 is 5.97 Å². The van der Waals surface area contributed by atoms with Gasteiger partial charge in [-0.2, -0.15) is 0 Å². The van der Waals surface area contributed by atoms with Crippen LogP contribution in [0.1, 0.15) is 12.5 Å². The third-order valence-electron chi connectivity index (χ3n) is 1.97. The molecule has 0 saturated heterocycles. The molecule has 1 N–H and O–H groups in total. The predicted octanol–water partition coefficient (Wildman–Crippen LogP) is 0.600. The SMILES string of the molecule is CC([O-])=N[C@@H](Cc1ccc(F)cc1)C(=O)O. The molecule has 0 unspecified atom stereocenters. The monoisotopic (exact) mass is 224 g/mol. The Balaban J connectivity index is 2.80. The summed E-state index contributed by atoms with van der Waals surface area (Å²) in [5.74, 6) is -2.09. The van der Waals surface area contributed by atoms with Crippen LogP contribution in [0, 0.1) is 5.82 Å². The molecule has 0 bridgehead atoms. The summed E-state index contributed by atoms with van der Waals surface area (Å²) in [6, 6.07) is 4.31. The van der Waals surface area contributed by atoms with Gasteiger partial charge in [-0.3, -0.25) is 4.99 Å². The molecule has 0 aliphatic carbocycles. The molecule has 1 aromatic rings.